The van der Waals surface area contributed by atoms with Gasteiger partial charge in [0.1, 0.15) is 5.75 Å². The summed E-state index contributed by atoms with van der Waals surface area (Å²) in [7, 11) is 0. The van der Waals surface area contributed by atoms with Gasteiger partial charge in [0.2, 0.25) is 0 Å². The van der Waals surface area contributed by atoms with Gasteiger partial charge in [-0.15, -0.1) is 0 Å². The average Bonchev–Trinajstić information content (AvgIpc) is 2.41. The van der Waals surface area contributed by atoms with Crippen LogP contribution < -0.4 is 10.1 Å². The third kappa shape index (κ3) is 4.19. The highest BCUT2D eigenvalue weighted by Crippen LogP contribution is 2.39. The molecule has 0 saturated heterocycles. The fourth-order valence-corrected chi connectivity index (χ4v) is 3.01. The molecule has 6 heteroatoms. The van der Waals surface area contributed by atoms with Crippen molar-refractivity contribution in [2.45, 2.75) is 44.8 Å². The van der Waals surface area contributed by atoms with E-state index in [1.165, 1.54) is 0 Å². The maximum Gasteiger partial charge on any atom is 0.393 e. The molecule has 0 heterocycles. The van der Waals surface area contributed by atoms with Crippen molar-refractivity contribution in [3.63, 3.8) is 0 Å². The molecule has 1 aliphatic carbocycles. The molecule has 21 heavy (non-hydrogen) atoms. The summed E-state index contributed by atoms with van der Waals surface area (Å²) >= 11 is 6.06. The molecule has 2 unspecified atom stereocenters. The molecule has 0 spiro atoms. The highest BCUT2D eigenvalue weighted by atomic mass is 35.5. The van der Waals surface area contributed by atoms with Crippen LogP contribution in [0, 0.1) is 5.92 Å². The Morgan fingerprint density at radius 1 is 1.29 bits per heavy atom. The van der Waals surface area contributed by atoms with Crippen molar-refractivity contribution >= 4 is 17.3 Å². The third-order valence-corrected chi connectivity index (χ3v) is 4.07. The van der Waals surface area contributed by atoms with E-state index in [0.29, 0.717) is 35.9 Å². The highest BCUT2D eigenvalue weighted by molar-refractivity contribution is 6.32. The van der Waals surface area contributed by atoms with Crippen LogP contribution >= 0.6 is 11.6 Å². The van der Waals surface area contributed by atoms with Gasteiger partial charge in [-0.25, -0.2) is 0 Å². The zero-order valence-electron chi connectivity index (χ0n) is 11.8. The second-order valence-corrected chi connectivity index (χ2v) is 5.67. The third-order valence-electron chi connectivity index (χ3n) is 3.77. The SMILES string of the molecule is CCOc1ccc(NC2CCCCC2C(F)(F)F)cc1Cl. The summed E-state index contributed by atoms with van der Waals surface area (Å²) in [6, 6.07) is 4.42. The Morgan fingerprint density at radius 2 is 2.00 bits per heavy atom. The lowest BCUT2D eigenvalue weighted by molar-refractivity contribution is -0.184. The predicted octanol–water partition coefficient (Wildman–Crippen LogP) is 5.27. The van der Waals surface area contributed by atoms with Crippen LogP contribution in [0.1, 0.15) is 32.6 Å². The van der Waals surface area contributed by atoms with Crippen LogP contribution in [0.25, 0.3) is 0 Å². The van der Waals surface area contributed by atoms with Crippen molar-refractivity contribution < 1.29 is 17.9 Å². The van der Waals surface area contributed by atoms with Gasteiger partial charge in [0.05, 0.1) is 17.5 Å². The van der Waals surface area contributed by atoms with Gasteiger partial charge < -0.3 is 10.1 Å². The van der Waals surface area contributed by atoms with Gasteiger partial charge in [-0.2, -0.15) is 13.2 Å². The van der Waals surface area contributed by atoms with E-state index in [0.717, 1.165) is 6.42 Å². The minimum absolute atomic E-state index is 0.186. The molecule has 1 aliphatic rings. The standard InChI is InChI=1S/C15H19ClF3NO/c1-2-21-14-8-7-10(9-12(14)16)20-13-6-4-3-5-11(13)15(17,18)19/h7-9,11,13,20H,2-6H2,1H3. The maximum atomic E-state index is 13.1. The molecule has 1 fully saturated rings. The lowest BCUT2D eigenvalue weighted by Crippen LogP contribution is -2.41. The van der Waals surface area contributed by atoms with Gasteiger partial charge in [-0.3, -0.25) is 0 Å². The molecule has 0 radical (unpaired) electrons. The molecule has 2 atom stereocenters. The van der Waals surface area contributed by atoms with Crippen molar-refractivity contribution in [1.82, 2.24) is 0 Å². The molecule has 1 N–H and O–H groups in total. The average molecular weight is 322 g/mol. The summed E-state index contributed by atoms with van der Waals surface area (Å²) < 4.78 is 44.5. The molecule has 2 rings (SSSR count). The van der Waals surface area contributed by atoms with E-state index >= 15 is 0 Å². The van der Waals surface area contributed by atoms with E-state index in [-0.39, 0.29) is 6.42 Å². The summed E-state index contributed by atoms with van der Waals surface area (Å²) in [6.45, 7) is 2.34. The topological polar surface area (TPSA) is 21.3 Å². The maximum absolute atomic E-state index is 13.1. The number of hydrogen-bond acceptors (Lipinski definition) is 2. The lowest BCUT2D eigenvalue weighted by atomic mass is 9.84. The minimum Gasteiger partial charge on any atom is -0.492 e. The molecule has 0 bridgehead atoms. The zero-order chi connectivity index (χ0) is 15.5. The highest BCUT2D eigenvalue weighted by Gasteiger charge is 2.45. The first-order valence-electron chi connectivity index (χ1n) is 7.17. The van der Waals surface area contributed by atoms with Gasteiger partial charge in [-0.1, -0.05) is 24.4 Å². The molecule has 2 nitrogen and oxygen atoms in total. The summed E-state index contributed by atoms with van der Waals surface area (Å²) in [4.78, 5) is 0. The Hall–Kier alpha value is -1.10. The van der Waals surface area contributed by atoms with Crippen molar-refractivity contribution in [3.05, 3.63) is 23.2 Å². The van der Waals surface area contributed by atoms with Gasteiger partial charge in [0.25, 0.3) is 0 Å². The summed E-state index contributed by atoms with van der Waals surface area (Å²) in [5.41, 5.74) is 0.601. The predicted molar refractivity (Wildman–Crippen MR) is 78.0 cm³/mol. The zero-order valence-corrected chi connectivity index (χ0v) is 12.6. The number of halogens is 4. The summed E-state index contributed by atoms with van der Waals surface area (Å²) in [6.07, 6.45) is -2.00. The van der Waals surface area contributed by atoms with Gasteiger partial charge >= 0.3 is 6.18 Å². The van der Waals surface area contributed by atoms with E-state index < -0.39 is 18.1 Å². The molecule has 118 valence electrons. The number of rotatable bonds is 4. The fraction of sp³-hybridized carbons (Fsp3) is 0.600. The Kier molecular flexibility index (Phi) is 5.25. The summed E-state index contributed by atoms with van der Waals surface area (Å²) in [5.74, 6) is -0.752. The molecule has 0 aromatic heterocycles. The van der Waals surface area contributed by atoms with Gasteiger partial charge in [0, 0.05) is 11.7 Å². The number of alkyl halides is 3. The first kappa shape index (κ1) is 16.3. The van der Waals surface area contributed by atoms with Crippen molar-refractivity contribution in [1.29, 1.82) is 0 Å². The minimum atomic E-state index is -4.16. The van der Waals surface area contributed by atoms with E-state index in [1.807, 2.05) is 6.92 Å². The monoisotopic (exact) mass is 321 g/mol. The van der Waals surface area contributed by atoms with Crippen LogP contribution in [0.15, 0.2) is 18.2 Å². The second kappa shape index (κ2) is 6.77. The molecule has 1 saturated carbocycles. The van der Waals surface area contributed by atoms with Gasteiger partial charge in [-0.05, 0) is 38.0 Å². The Morgan fingerprint density at radius 3 is 2.62 bits per heavy atom. The molecular formula is C15H19ClF3NO. The number of ether oxygens (including phenoxy) is 1. The normalized spacial score (nSPS) is 22.9. The Labute approximate surface area is 127 Å². The molecule has 1 aromatic carbocycles. The van der Waals surface area contributed by atoms with E-state index in [4.69, 9.17) is 16.3 Å². The molecule has 1 aromatic rings. The van der Waals surface area contributed by atoms with Crippen LogP contribution in [-0.4, -0.2) is 18.8 Å². The van der Waals surface area contributed by atoms with Crippen molar-refractivity contribution in [2.24, 2.45) is 5.92 Å². The first-order valence-corrected chi connectivity index (χ1v) is 7.55. The Bertz CT molecular complexity index is 478. The summed E-state index contributed by atoms with van der Waals surface area (Å²) in [5, 5.41) is 3.39. The number of anilines is 1. The first-order chi connectivity index (χ1) is 9.91. The lowest BCUT2D eigenvalue weighted by Gasteiger charge is -2.34. The van der Waals surface area contributed by atoms with E-state index in [9.17, 15) is 13.2 Å². The van der Waals surface area contributed by atoms with E-state index in [1.54, 1.807) is 18.2 Å². The quantitative estimate of drug-likeness (QED) is 0.815. The number of hydrogen-bond donors (Lipinski definition) is 1. The Balaban J connectivity index is 2.10. The van der Waals surface area contributed by atoms with Crippen LogP contribution in [0.2, 0.25) is 5.02 Å². The van der Waals surface area contributed by atoms with Gasteiger partial charge in [0.15, 0.2) is 0 Å². The van der Waals surface area contributed by atoms with Crippen LogP contribution in [0.5, 0.6) is 5.75 Å². The van der Waals surface area contributed by atoms with Crippen LogP contribution in [0.3, 0.4) is 0 Å². The van der Waals surface area contributed by atoms with Crippen LogP contribution in [-0.2, 0) is 0 Å². The van der Waals surface area contributed by atoms with Crippen molar-refractivity contribution in [3.8, 4) is 5.75 Å². The molecule has 0 aliphatic heterocycles. The largest absolute Gasteiger partial charge is 0.492 e. The smallest absolute Gasteiger partial charge is 0.393 e. The second-order valence-electron chi connectivity index (χ2n) is 5.26. The van der Waals surface area contributed by atoms with Crippen LogP contribution in [0.4, 0.5) is 18.9 Å². The molecule has 0 amide bonds. The number of nitrogens with one attached hydrogen (secondary N) is 1. The molecular weight excluding hydrogens is 303 g/mol. The number of benzene rings is 1. The fourth-order valence-electron chi connectivity index (χ4n) is 2.77. The van der Waals surface area contributed by atoms with Crippen molar-refractivity contribution in [2.75, 3.05) is 11.9 Å². The van der Waals surface area contributed by atoms with E-state index in [2.05, 4.69) is 5.32 Å².